The number of nitrogens with zero attached hydrogens (tertiary/aromatic N) is 3. The van der Waals surface area contributed by atoms with Crippen LogP contribution in [0.25, 0.3) is 0 Å². The molecule has 1 aliphatic carbocycles. The Kier molecular flexibility index (Phi) is 5.23. The molecule has 7 heteroatoms. The molecule has 6 nitrogen and oxygen atoms in total. The summed E-state index contributed by atoms with van der Waals surface area (Å²) in [6, 6.07) is 0. The number of piperidine rings is 1. The van der Waals surface area contributed by atoms with Crippen molar-refractivity contribution in [1.82, 2.24) is 14.7 Å². The molecular formula is C16H22IN3O3. The molecule has 126 valence electrons. The van der Waals surface area contributed by atoms with Gasteiger partial charge < -0.3 is 9.64 Å². The van der Waals surface area contributed by atoms with Crippen LogP contribution in [-0.4, -0.2) is 46.8 Å². The third-order valence-corrected chi connectivity index (χ3v) is 5.98. The first-order valence-electron chi connectivity index (χ1n) is 8.19. The number of halogens is 1. The van der Waals surface area contributed by atoms with Gasteiger partial charge in [-0.15, -0.1) is 0 Å². The molecular weight excluding hydrogens is 409 g/mol. The second kappa shape index (κ2) is 7.19. The molecule has 1 amide bonds. The molecule has 0 aromatic carbocycles. The van der Waals surface area contributed by atoms with Gasteiger partial charge in [0.15, 0.2) is 0 Å². The molecule has 1 aromatic heterocycles. The van der Waals surface area contributed by atoms with E-state index in [9.17, 15) is 9.59 Å². The fraction of sp³-hybridized carbons (Fsp3) is 0.688. The van der Waals surface area contributed by atoms with E-state index in [1.54, 1.807) is 0 Å². The molecule has 0 bridgehead atoms. The van der Waals surface area contributed by atoms with E-state index in [2.05, 4.69) is 27.7 Å². The summed E-state index contributed by atoms with van der Waals surface area (Å²) in [4.78, 5) is 26.1. The van der Waals surface area contributed by atoms with Crippen LogP contribution in [0.4, 0.5) is 0 Å². The monoisotopic (exact) mass is 431 g/mol. The first kappa shape index (κ1) is 16.7. The van der Waals surface area contributed by atoms with Gasteiger partial charge >= 0.3 is 5.97 Å². The Labute approximate surface area is 149 Å². The minimum Gasteiger partial charge on any atom is -0.469 e. The number of methoxy groups -OCH3 is 1. The molecule has 2 heterocycles. The first-order chi connectivity index (χ1) is 11.1. The Morgan fingerprint density at radius 1 is 1.30 bits per heavy atom. The van der Waals surface area contributed by atoms with E-state index in [0.29, 0.717) is 13.0 Å². The zero-order valence-electron chi connectivity index (χ0n) is 13.4. The number of hydrogen-bond acceptors (Lipinski definition) is 4. The summed E-state index contributed by atoms with van der Waals surface area (Å²) in [5.41, 5.74) is 2.14. The van der Waals surface area contributed by atoms with Crippen molar-refractivity contribution in [2.75, 3.05) is 20.2 Å². The molecule has 1 atom stereocenters. The van der Waals surface area contributed by atoms with Crippen LogP contribution in [0.5, 0.6) is 0 Å². The molecule has 23 heavy (non-hydrogen) atoms. The average molecular weight is 431 g/mol. The summed E-state index contributed by atoms with van der Waals surface area (Å²) in [6.07, 6.45) is 5.64. The Morgan fingerprint density at radius 3 is 2.74 bits per heavy atom. The highest BCUT2D eigenvalue weighted by Crippen LogP contribution is 2.29. The maximum absolute atomic E-state index is 12.4. The van der Waals surface area contributed by atoms with Gasteiger partial charge in [0, 0.05) is 25.1 Å². The smallest absolute Gasteiger partial charge is 0.309 e. The van der Waals surface area contributed by atoms with Crippen LogP contribution >= 0.6 is 22.6 Å². The summed E-state index contributed by atoms with van der Waals surface area (Å²) in [5, 5.41) is 4.61. The highest BCUT2D eigenvalue weighted by molar-refractivity contribution is 14.1. The number of rotatable bonds is 3. The molecule has 0 N–H and O–H groups in total. The molecule has 1 aliphatic heterocycles. The number of carbonyl (C=O) groups excluding carboxylic acids is 2. The quantitative estimate of drug-likeness (QED) is 0.541. The van der Waals surface area contributed by atoms with E-state index in [1.165, 1.54) is 19.1 Å². The van der Waals surface area contributed by atoms with Gasteiger partial charge in [-0.25, -0.2) is 4.68 Å². The van der Waals surface area contributed by atoms with Gasteiger partial charge in [-0.2, -0.15) is 5.10 Å². The third-order valence-electron chi connectivity index (χ3n) is 4.78. The van der Waals surface area contributed by atoms with Gasteiger partial charge in [-0.1, -0.05) is 0 Å². The number of fused-ring (bicyclic) bond motifs is 1. The van der Waals surface area contributed by atoms with Crippen molar-refractivity contribution in [2.45, 2.75) is 45.1 Å². The lowest BCUT2D eigenvalue weighted by atomic mass is 9.88. The number of likely N-dealkylation sites (tertiary alicyclic amines) is 1. The number of amides is 1. The predicted molar refractivity (Wildman–Crippen MR) is 92.9 cm³/mol. The van der Waals surface area contributed by atoms with E-state index < -0.39 is 0 Å². The molecule has 2 aliphatic rings. The van der Waals surface area contributed by atoms with Crippen molar-refractivity contribution < 1.29 is 14.3 Å². The van der Waals surface area contributed by atoms with Crippen LogP contribution in [-0.2, 0) is 33.7 Å². The molecule has 0 spiro atoms. The van der Waals surface area contributed by atoms with Crippen LogP contribution in [0.15, 0.2) is 0 Å². The van der Waals surface area contributed by atoms with Crippen LogP contribution in [0.3, 0.4) is 0 Å². The van der Waals surface area contributed by atoms with E-state index in [1.807, 2.05) is 9.58 Å². The second-order valence-corrected chi connectivity index (χ2v) is 7.30. The SMILES string of the molecule is COC(=O)[C@@H]1CCc2c(nn(CC(=O)N3CCCCC3)c2I)C1. The normalized spacial score (nSPS) is 21.0. The third kappa shape index (κ3) is 3.54. The molecule has 0 radical (unpaired) electrons. The highest BCUT2D eigenvalue weighted by Gasteiger charge is 2.30. The van der Waals surface area contributed by atoms with E-state index in [0.717, 1.165) is 48.2 Å². The van der Waals surface area contributed by atoms with Crippen molar-refractivity contribution >= 4 is 34.5 Å². The first-order valence-corrected chi connectivity index (χ1v) is 9.27. The van der Waals surface area contributed by atoms with E-state index >= 15 is 0 Å². The van der Waals surface area contributed by atoms with Crippen molar-refractivity contribution in [2.24, 2.45) is 5.92 Å². The van der Waals surface area contributed by atoms with Gasteiger partial charge in [0.25, 0.3) is 0 Å². The molecule has 0 unspecified atom stereocenters. The summed E-state index contributed by atoms with van der Waals surface area (Å²) >= 11 is 2.27. The van der Waals surface area contributed by atoms with Gasteiger partial charge in [0.1, 0.15) is 10.2 Å². The largest absolute Gasteiger partial charge is 0.469 e. The lowest BCUT2D eigenvalue weighted by Gasteiger charge is -2.26. The Bertz CT molecular complexity index is 608. The summed E-state index contributed by atoms with van der Waals surface area (Å²) in [5.74, 6) is -0.124. The predicted octanol–water partition coefficient (Wildman–Crippen LogP) is 1.78. The minimum absolute atomic E-state index is 0.107. The van der Waals surface area contributed by atoms with Crippen molar-refractivity contribution in [3.63, 3.8) is 0 Å². The summed E-state index contributed by atoms with van der Waals surface area (Å²) in [7, 11) is 1.43. The second-order valence-electron chi connectivity index (χ2n) is 6.28. The molecule has 1 fully saturated rings. The van der Waals surface area contributed by atoms with Crippen molar-refractivity contribution in [3.8, 4) is 0 Å². The van der Waals surface area contributed by atoms with Crippen LogP contribution in [0.1, 0.15) is 36.9 Å². The molecule has 0 saturated carbocycles. The minimum atomic E-state index is -0.162. The Balaban J connectivity index is 1.71. The maximum Gasteiger partial charge on any atom is 0.309 e. The van der Waals surface area contributed by atoms with E-state index in [-0.39, 0.29) is 17.8 Å². The standard InChI is InChI=1S/C16H22IN3O3/c1-23-16(22)11-5-6-12-13(9-11)18-20(15(12)17)10-14(21)19-7-3-2-4-8-19/h11H,2-10H2,1H3/t11-/m1/s1. The fourth-order valence-electron chi connectivity index (χ4n) is 3.43. The van der Waals surface area contributed by atoms with Gasteiger partial charge in [0.05, 0.1) is 18.7 Å². The average Bonchev–Trinajstić information content (AvgIpc) is 2.90. The highest BCUT2D eigenvalue weighted by atomic mass is 127. The zero-order valence-corrected chi connectivity index (χ0v) is 15.5. The van der Waals surface area contributed by atoms with Crippen LogP contribution < -0.4 is 0 Å². The lowest BCUT2D eigenvalue weighted by molar-refractivity contribution is -0.145. The van der Waals surface area contributed by atoms with Crippen molar-refractivity contribution in [3.05, 3.63) is 15.0 Å². The molecule has 3 rings (SSSR count). The topological polar surface area (TPSA) is 64.4 Å². The van der Waals surface area contributed by atoms with Gasteiger partial charge in [-0.05, 0) is 54.7 Å². The number of carbonyl (C=O) groups is 2. The maximum atomic E-state index is 12.4. The summed E-state index contributed by atoms with van der Waals surface area (Å²) in [6.45, 7) is 2.02. The van der Waals surface area contributed by atoms with Crippen LogP contribution in [0, 0.1) is 9.62 Å². The van der Waals surface area contributed by atoms with Crippen LogP contribution in [0.2, 0.25) is 0 Å². The van der Waals surface area contributed by atoms with E-state index in [4.69, 9.17) is 4.74 Å². The number of aromatic nitrogens is 2. The van der Waals surface area contributed by atoms with Crippen molar-refractivity contribution in [1.29, 1.82) is 0 Å². The Hall–Kier alpha value is -1.12. The number of esters is 1. The number of ether oxygens (including phenoxy) is 1. The van der Waals surface area contributed by atoms with Gasteiger partial charge in [0.2, 0.25) is 5.91 Å². The van der Waals surface area contributed by atoms with Gasteiger partial charge in [-0.3, -0.25) is 9.59 Å². The lowest BCUT2D eigenvalue weighted by Crippen LogP contribution is -2.38. The summed E-state index contributed by atoms with van der Waals surface area (Å²) < 4.78 is 7.69. The molecule has 1 saturated heterocycles. The fourth-order valence-corrected chi connectivity index (χ4v) is 4.29. The molecule has 1 aromatic rings. The Morgan fingerprint density at radius 2 is 2.04 bits per heavy atom. The number of hydrogen-bond donors (Lipinski definition) is 0. The zero-order chi connectivity index (χ0) is 16.4.